The van der Waals surface area contributed by atoms with E-state index in [9.17, 15) is 4.79 Å². The van der Waals surface area contributed by atoms with Crippen LogP contribution in [0.15, 0.2) is 6.20 Å². The van der Waals surface area contributed by atoms with Crippen molar-refractivity contribution in [1.29, 1.82) is 0 Å². The molecule has 6 nitrogen and oxygen atoms in total. The summed E-state index contributed by atoms with van der Waals surface area (Å²) in [5, 5.41) is 8.54. The Kier molecular flexibility index (Phi) is 4.94. The third-order valence-electron chi connectivity index (χ3n) is 2.14. The van der Waals surface area contributed by atoms with Crippen molar-refractivity contribution in [3.05, 3.63) is 17.7 Å². The molecule has 1 rings (SSSR count). The minimum Gasteiger partial charge on any atom is -0.464 e. The minimum absolute atomic E-state index is 0.00717. The number of carbonyl (C=O) groups is 1. The molecule has 0 spiro atoms. The Morgan fingerprint density at radius 3 is 2.94 bits per heavy atom. The molecular weight excluding hydrogens is 212 g/mol. The summed E-state index contributed by atoms with van der Waals surface area (Å²) >= 11 is 0. The zero-order chi connectivity index (χ0) is 12.0. The van der Waals surface area contributed by atoms with Gasteiger partial charge in [-0.3, -0.25) is 0 Å². The van der Waals surface area contributed by atoms with Crippen LogP contribution in [0.5, 0.6) is 0 Å². The lowest BCUT2D eigenvalue weighted by Crippen LogP contribution is -2.15. The Balaban J connectivity index is 2.63. The first-order valence-electron chi connectivity index (χ1n) is 4.99. The van der Waals surface area contributed by atoms with Crippen molar-refractivity contribution in [3.8, 4) is 0 Å². The highest BCUT2D eigenvalue weighted by Crippen LogP contribution is 2.06. The molecule has 0 aliphatic heterocycles. The third kappa shape index (κ3) is 3.04. The first-order chi connectivity index (χ1) is 7.70. The van der Waals surface area contributed by atoms with E-state index in [0.717, 1.165) is 5.82 Å². The number of ether oxygens (including phenoxy) is 2. The van der Waals surface area contributed by atoms with Gasteiger partial charge in [-0.25, -0.2) is 9.78 Å². The van der Waals surface area contributed by atoms with Gasteiger partial charge in [-0.05, 0) is 6.92 Å². The molecule has 0 aliphatic carbocycles. The van der Waals surface area contributed by atoms with Gasteiger partial charge in [-0.15, -0.1) is 0 Å². The van der Waals surface area contributed by atoms with Gasteiger partial charge >= 0.3 is 5.97 Å². The molecule has 1 heterocycles. The number of aliphatic hydroxyl groups is 1. The number of methoxy groups -OCH3 is 1. The van der Waals surface area contributed by atoms with Crippen LogP contribution in [0.1, 0.15) is 16.3 Å². The predicted octanol–water partition coefficient (Wildman–Crippen LogP) is -0.0130. The van der Waals surface area contributed by atoms with Crippen LogP contribution >= 0.6 is 0 Å². The molecule has 0 radical (unpaired) electrons. The molecule has 0 saturated carbocycles. The quantitative estimate of drug-likeness (QED) is 0.547. The van der Waals surface area contributed by atoms with Gasteiger partial charge in [0.05, 0.1) is 33.1 Å². The van der Waals surface area contributed by atoms with Crippen molar-refractivity contribution in [2.75, 3.05) is 26.9 Å². The van der Waals surface area contributed by atoms with Gasteiger partial charge in [0, 0.05) is 6.54 Å². The molecule has 0 amide bonds. The zero-order valence-corrected chi connectivity index (χ0v) is 9.47. The van der Waals surface area contributed by atoms with Crippen molar-refractivity contribution in [1.82, 2.24) is 9.55 Å². The standard InChI is InChI=1S/C10H16N2O4/c1-8-11-7-9(10(14)15-2)12(8)3-5-16-6-4-13/h7,13H,3-6H2,1-2H3. The predicted molar refractivity (Wildman–Crippen MR) is 56.2 cm³/mol. The zero-order valence-electron chi connectivity index (χ0n) is 9.47. The number of hydrogen-bond donors (Lipinski definition) is 1. The number of hydrogen-bond acceptors (Lipinski definition) is 5. The number of imidazole rings is 1. The Morgan fingerprint density at radius 1 is 1.56 bits per heavy atom. The van der Waals surface area contributed by atoms with Crippen molar-refractivity contribution in [2.45, 2.75) is 13.5 Å². The molecule has 0 fully saturated rings. The van der Waals surface area contributed by atoms with Gasteiger partial charge in [-0.2, -0.15) is 0 Å². The normalized spacial score (nSPS) is 10.4. The SMILES string of the molecule is COC(=O)c1cnc(C)n1CCOCCO. The summed E-state index contributed by atoms with van der Waals surface area (Å²) in [6, 6.07) is 0. The van der Waals surface area contributed by atoms with E-state index in [4.69, 9.17) is 9.84 Å². The molecule has 1 N–H and O–H groups in total. The van der Waals surface area contributed by atoms with Crippen molar-refractivity contribution in [2.24, 2.45) is 0 Å². The molecule has 16 heavy (non-hydrogen) atoms. The second-order valence-corrected chi connectivity index (χ2v) is 3.17. The van der Waals surface area contributed by atoms with Crippen LogP contribution < -0.4 is 0 Å². The van der Waals surface area contributed by atoms with Gasteiger partial charge < -0.3 is 19.1 Å². The topological polar surface area (TPSA) is 73.6 Å². The molecule has 1 aromatic heterocycles. The third-order valence-corrected chi connectivity index (χ3v) is 2.14. The fraction of sp³-hybridized carbons (Fsp3) is 0.600. The lowest BCUT2D eigenvalue weighted by Gasteiger charge is -2.08. The van der Waals surface area contributed by atoms with Crippen LogP contribution in [0.4, 0.5) is 0 Å². The molecule has 0 bridgehead atoms. The van der Waals surface area contributed by atoms with Gasteiger partial charge in [-0.1, -0.05) is 0 Å². The van der Waals surface area contributed by atoms with Crippen LogP contribution in [0.2, 0.25) is 0 Å². The smallest absolute Gasteiger partial charge is 0.356 e. The first-order valence-corrected chi connectivity index (χ1v) is 4.99. The van der Waals surface area contributed by atoms with E-state index in [1.54, 1.807) is 11.5 Å². The fourth-order valence-electron chi connectivity index (χ4n) is 1.34. The van der Waals surface area contributed by atoms with E-state index in [-0.39, 0.29) is 6.61 Å². The number of aliphatic hydroxyl groups excluding tert-OH is 1. The molecule has 1 aromatic rings. The van der Waals surface area contributed by atoms with E-state index in [2.05, 4.69) is 9.72 Å². The van der Waals surface area contributed by atoms with E-state index in [0.29, 0.717) is 25.5 Å². The Labute approximate surface area is 93.8 Å². The lowest BCUT2D eigenvalue weighted by molar-refractivity contribution is 0.0578. The van der Waals surface area contributed by atoms with Gasteiger partial charge in [0.2, 0.25) is 0 Å². The molecule has 0 atom stereocenters. The van der Waals surface area contributed by atoms with Crippen molar-refractivity contribution in [3.63, 3.8) is 0 Å². The van der Waals surface area contributed by atoms with Crippen LogP contribution in [0, 0.1) is 6.92 Å². The van der Waals surface area contributed by atoms with Crippen LogP contribution in [0.25, 0.3) is 0 Å². The maximum atomic E-state index is 11.4. The molecule has 0 aliphatic rings. The number of nitrogens with zero attached hydrogens (tertiary/aromatic N) is 2. The van der Waals surface area contributed by atoms with E-state index in [1.807, 2.05) is 0 Å². The van der Waals surface area contributed by atoms with Crippen LogP contribution in [-0.2, 0) is 16.0 Å². The Bertz CT molecular complexity index is 349. The summed E-state index contributed by atoms with van der Waals surface area (Å²) in [7, 11) is 1.33. The van der Waals surface area contributed by atoms with Gasteiger partial charge in [0.25, 0.3) is 0 Å². The molecule has 6 heteroatoms. The summed E-state index contributed by atoms with van der Waals surface area (Å²) in [4.78, 5) is 15.4. The van der Waals surface area contributed by atoms with Crippen LogP contribution in [0.3, 0.4) is 0 Å². The highest BCUT2D eigenvalue weighted by molar-refractivity contribution is 5.87. The Morgan fingerprint density at radius 2 is 2.31 bits per heavy atom. The number of aromatic nitrogens is 2. The lowest BCUT2D eigenvalue weighted by atomic mass is 10.4. The van der Waals surface area contributed by atoms with E-state index < -0.39 is 5.97 Å². The molecule has 0 unspecified atom stereocenters. The molecule has 0 saturated heterocycles. The minimum atomic E-state index is -0.414. The summed E-state index contributed by atoms with van der Waals surface area (Å²) in [5.41, 5.74) is 0.410. The second kappa shape index (κ2) is 6.24. The highest BCUT2D eigenvalue weighted by Gasteiger charge is 2.14. The molecule has 90 valence electrons. The number of carbonyl (C=O) groups excluding carboxylic acids is 1. The van der Waals surface area contributed by atoms with Crippen molar-refractivity contribution >= 4 is 5.97 Å². The van der Waals surface area contributed by atoms with Crippen molar-refractivity contribution < 1.29 is 19.4 Å². The number of aryl methyl sites for hydroxylation is 1. The summed E-state index contributed by atoms with van der Waals surface area (Å²) < 4.78 is 11.5. The molecular formula is C10H16N2O4. The molecule has 0 aromatic carbocycles. The maximum Gasteiger partial charge on any atom is 0.356 e. The monoisotopic (exact) mass is 228 g/mol. The second-order valence-electron chi connectivity index (χ2n) is 3.17. The number of esters is 1. The average Bonchev–Trinajstić information content (AvgIpc) is 2.65. The average molecular weight is 228 g/mol. The van der Waals surface area contributed by atoms with Gasteiger partial charge in [0.1, 0.15) is 11.5 Å². The van der Waals surface area contributed by atoms with Crippen LogP contribution in [-0.4, -0.2) is 47.6 Å². The summed E-state index contributed by atoms with van der Waals surface area (Å²) in [6.07, 6.45) is 1.48. The van der Waals surface area contributed by atoms with E-state index >= 15 is 0 Å². The fourth-order valence-corrected chi connectivity index (χ4v) is 1.34. The largest absolute Gasteiger partial charge is 0.464 e. The Hall–Kier alpha value is -1.40. The highest BCUT2D eigenvalue weighted by atomic mass is 16.5. The first kappa shape index (κ1) is 12.7. The summed E-state index contributed by atoms with van der Waals surface area (Å²) in [6.45, 7) is 3.02. The van der Waals surface area contributed by atoms with Gasteiger partial charge in [0.15, 0.2) is 0 Å². The number of rotatable bonds is 6. The van der Waals surface area contributed by atoms with E-state index in [1.165, 1.54) is 13.3 Å². The maximum absolute atomic E-state index is 11.4. The summed E-state index contributed by atoms with van der Waals surface area (Å²) in [5.74, 6) is 0.316.